The topological polar surface area (TPSA) is 49.9 Å². The molecule has 2 aromatic rings. The molecule has 1 aromatic heterocycles. The highest BCUT2D eigenvalue weighted by atomic mass is 79.9. The molecule has 0 bridgehead atoms. The van der Waals surface area contributed by atoms with E-state index in [2.05, 4.69) is 37.3 Å². The van der Waals surface area contributed by atoms with Crippen LogP contribution in [0.3, 0.4) is 0 Å². The number of nitrogens with one attached hydrogen (secondary N) is 2. The summed E-state index contributed by atoms with van der Waals surface area (Å²) in [6, 6.07) is 6.02. The molecule has 1 heterocycles. The molecule has 4 nitrogen and oxygen atoms in total. The number of hydrogen-bond donors (Lipinski definition) is 2. The Morgan fingerprint density at radius 2 is 2.22 bits per heavy atom. The molecule has 96 valence electrons. The third kappa shape index (κ3) is 2.57. The fraction of sp³-hybridized carbons (Fsp3) is 0.308. The first-order chi connectivity index (χ1) is 8.65. The summed E-state index contributed by atoms with van der Waals surface area (Å²) in [4.78, 5) is 7.78. The van der Waals surface area contributed by atoms with E-state index in [9.17, 15) is 0 Å². The van der Waals surface area contributed by atoms with E-state index in [0.717, 1.165) is 39.5 Å². The van der Waals surface area contributed by atoms with Gasteiger partial charge in [0.1, 0.15) is 16.2 Å². The summed E-state index contributed by atoms with van der Waals surface area (Å²) in [5.74, 6) is 1.75. The van der Waals surface area contributed by atoms with Crippen LogP contribution in [0.25, 0.3) is 11.4 Å². The van der Waals surface area contributed by atoms with Crippen molar-refractivity contribution in [2.75, 3.05) is 14.2 Å². The second-order valence-electron chi connectivity index (χ2n) is 4.07. The second-order valence-corrected chi connectivity index (χ2v) is 4.82. The van der Waals surface area contributed by atoms with Gasteiger partial charge in [0, 0.05) is 12.1 Å². The predicted molar refractivity (Wildman–Crippen MR) is 75.8 cm³/mol. The number of halogens is 1. The Hall–Kier alpha value is -1.33. The fourth-order valence-corrected chi connectivity index (χ4v) is 2.26. The van der Waals surface area contributed by atoms with Gasteiger partial charge in [0.05, 0.1) is 12.8 Å². The number of aryl methyl sites for hydroxylation is 1. The Bertz CT molecular complexity index is 551. The number of hydrogen-bond acceptors (Lipinski definition) is 3. The second kappa shape index (κ2) is 5.54. The average molecular weight is 310 g/mol. The normalized spacial score (nSPS) is 10.7. The van der Waals surface area contributed by atoms with Crippen molar-refractivity contribution < 1.29 is 4.74 Å². The largest absolute Gasteiger partial charge is 0.496 e. The van der Waals surface area contributed by atoms with Gasteiger partial charge >= 0.3 is 0 Å². The van der Waals surface area contributed by atoms with Crippen LogP contribution in [0.1, 0.15) is 11.3 Å². The SMILES string of the molecule is CNCc1[nH]c(-c2ccc(OC)c(C)c2)nc1Br. The number of benzene rings is 1. The maximum Gasteiger partial charge on any atom is 0.138 e. The van der Waals surface area contributed by atoms with Crippen molar-refractivity contribution in [2.24, 2.45) is 0 Å². The van der Waals surface area contributed by atoms with Gasteiger partial charge in [-0.15, -0.1) is 0 Å². The average Bonchev–Trinajstić information content (AvgIpc) is 2.71. The zero-order valence-corrected chi connectivity index (χ0v) is 12.3. The minimum atomic E-state index is 0.753. The Kier molecular flexibility index (Phi) is 4.04. The molecule has 0 radical (unpaired) electrons. The van der Waals surface area contributed by atoms with E-state index < -0.39 is 0 Å². The summed E-state index contributed by atoms with van der Waals surface area (Å²) in [7, 11) is 3.58. The lowest BCUT2D eigenvalue weighted by Crippen LogP contribution is -2.05. The van der Waals surface area contributed by atoms with Crippen LogP contribution in [0.15, 0.2) is 22.8 Å². The summed E-state index contributed by atoms with van der Waals surface area (Å²) >= 11 is 3.46. The molecule has 0 amide bonds. The third-order valence-corrected chi connectivity index (χ3v) is 3.41. The molecule has 0 spiro atoms. The van der Waals surface area contributed by atoms with Crippen LogP contribution >= 0.6 is 15.9 Å². The van der Waals surface area contributed by atoms with Crippen molar-refractivity contribution in [3.63, 3.8) is 0 Å². The minimum Gasteiger partial charge on any atom is -0.496 e. The van der Waals surface area contributed by atoms with Gasteiger partial charge in [-0.05, 0) is 53.7 Å². The molecular formula is C13H16BrN3O. The molecule has 18 heavy (non-hydrogen) atoms. The van der Waals surface area contributed by atoms with Gasteiger partial charge < -0.3 is 15.0 Å². The zero-order valence-electron chi connectivity index (χ0n) is 10.7. The lowest BCUT2D eigenvalue weighted by molar-refractivity contribution is 0.412. The number of rotatable bonds is 4. The van der Waals surface area contributed by atoms with Crippen molar-refractivity contribution in [3.05, 3.63) is 34.1 Å². The molecule has 1 aromatic carbocycles. The van der Waals surface area contributed by atoms with Crippen LogP contribution in [-0.4, -0.2) is 24.1 Å². The smallest absolute Gasteiger partial charge is 0.138 e. The van der Waals surface area contributed by atoms with E-state index in [4.69, 9.17) is 4.74 Å². The van der Waals surface area contributed by atoms with Crippen molar-refractivity contribution >= 4 is 15.9 Å². The maximum absolute atomic E-state index is 5.25. The summed E-state index contributed by atoms with van der Waals surface area (Å²) < 4.78 is 6.10. The number of nitrogens with zero attached hydrogens (tertiary/aromatic N) is 1. The standard InChI is InChI=1S/C13H16BrN3O/c1-8-6-9(4-5-11(8)18-3)13-16-10(7-15-2)12(14)17-13/h4-6,15H,7H2,1-3H3,(H,16,17). The molecule has 5 heteroatoms. The monoisotopic (exact) mass is 309 g/mol. The number of methoxy groups -OCH3 is 1. The molecule has 0 atom stereocenters. The van der Waals surface area contributed by atoms with Crippen LogP contribution in [0.5, 0.6) is 5.75 Å². The van der Waals surface area contributed by atoms with Crippen LogP contribution < -0.4 is 10.1 Å². The summed E-state index contributed by atoms with van der Waals surface area (Å²) in [6.07, 6.45) is 0. The molecule has 0 aliphatic rings. The van der Waals surface area contributed by atoms with Crippen molar-refractivity contribution in [1.29, 1.82) is 0 Å². The van der Waals surface area contributed by atoms with Gasteiger partial charge in [0.25, 0.3) is 0 Å². The third-order valence-electron chi connectivity index (χ3n) is 2.75. The highest BCUT2D eigenvalue weighted by Gasteiger charge is 2.10. The van der Waals surface area contributed by atoms with E-state index >= 15 is 0 Å². The Balaban J connectivity index is 2.36. The van der Waals surface area contributed by atoms with Crippen LogP contribution in [0.2, 0.25) is 0 Å². The molecule has 0 saturated carbocycles. The lowest BCUT2D eigenvalue weighted by atomic mass is 10.1. The van der Waals surface area contributed by atoms with E-state index in [0.29, 0.717) is 0 Å². The first-order valence-corrected chi connectivity index (χ1v) is 6.49. The zero-order chi connectivity index (χ0) is 13.1. The summed E-state index contributed by atoms with van der Waals surface area (Å²) in [5.41, 5.74) is 3.19. The molecule has 0 unspecified atom stereocenters. The molecular weight excluding hydrogens is 294 g/mol. The highest BCUT2D eigenvalue weighted by Crippen LogP contribution is 2.26. The summed E-state index contributed by atoms with van der Waals surface area (Å²) in [5, 5.41) is 3.10. The van der Waals surface area contributed by atoms with E-state index in [1.54, 1.807) is 7.11 Å². The van der Waals surface area contributed by atoms with Gasteiger partial charge in [0.15, 0.2) is 0 Å². The number of H-pyrrole nitrogens is 1. The van der Waals surface area contributed by atoms with Gasteiger partial charge in [-0.2, -0.15) is 0 Å². The number of aromatic nitrogens is 2. The number of imidazole rings is 1. The minimum absolute atomic E-state index is 0.753. The predicted octanol–water partition coefficient (Wildman–Crippen LogP) is 2.88. The quantitative estimate of drug-likeness (QED) is 0.913. The molecule has 2 N–H and O–H groups in total. The lowest BCUT2D eigenvalue weighted by Gasteiger charge is -2.05. The van der Waals surface area contributed by atoms with Gasteiger partial charge in [-0.3, -0.25) is 0 Å². The van der Waals surface area contributed by atoms with Crippen LogP contribution in [0.4, 0.5) is 0 Å². The molecule has 0 fully saturated rings. The van der Waals surface area contributed by atoms with Crippen molar-refractivity contribution in [3.8, 4) is 17.1 Å². The van der Waals surface area contributed by atoms with E-state index in [1.807, 2.05) is 26.1 Å². The van der Waals surface area contributed by atoms with Gasteiger partial charge in [0.2, 0.25) is 0 Å². The van der Waals surface area contributed by atoms with E-state index in [1.165, 1.54) is 0 Å². The Morgan fingerprint density at radius 3 is 2.83 bits per heavy atom. The first kappa shape index (κ1) is 13.1. The summed E-state index contributed by atoms with van der Waals surface area (Å²) in [6.45, 7) is 2.78. The first-order valence-electron chi connectivity index (χ1n) is 5.69. The molecule has 2 rings (SSSR count). The van der Waals surface area contributed by atoms with Gasteiger partial charge in [-0.1, -0.05) is 0 Å². The Labute approximate surface area is 115 Å². The highest BCUT2D eigenvalue weighted by molar-refractivity contribution is 9.10. The number of aromatic amines is 1. The van der Waals surface area contributed by atoms with Crippen LogP contribution in [0, 0.1) is 6.92 Å². The van der Waals surface area contributed by atoms with Gasteiger partial charge in [-0.25, -0.2) is 4.98 Å². The number of ether oxygens (including phenoxy) is 1. The van der Waals surface area contributed by atoms with E-state index in [-0.39, 0.29) is 0 Å². The van der Waals surface area contributed by atoms with Crippen molar-refractivity contribution in [1.82, 2.24) is 15.3 Å². The Morgan fingerprint density at radius 1 is 1.44 bits per heavy atom. The maximum atomic E-state index is 5.25. The van der Waals surface area contributed by atoms with Crippen LogP contribution in [-0.2, 0) is 6.54 Å². The fourth-order valence-electron chi connectivity index (χ4n) is 1.84. The molecule has 0 saturated heterocycles. The molecule has 0 aliphatic carbocycles. The van der Waals surface area contributed by atoms with Crippen molar-refractivity contribution in [2.45, 2.75) is 13.5 Å². The molecule has 0 aliphatic heterocycles.